The number of methoxy groups -OCH3 is 1. The van der Waals surface area contributed by atoms with Crippen LogP contribution in [0.25, 0.3) is 21.9 Å². The Hall–Kier alpha value is -1.87. The van der Waals surface area contributed by atoms with Gasteiger partial charge in [0, 0.05) is 16.5 Å². The van der Waals surface area contributed by atoms with E-state index >= 15 is 0 Å². The number of ether oxygens (including phenoxy) is 1. The van der Waals surface area contributed by atoms with Crippen molar-refractivity contribution in [3.63, 3.8) is 0 Å². The number of benzene rings is 1. The van der Waals surface area contributed by atoms with Crippen molar-refractivity contribution in [2.24, 2.45) is 0 Å². The second-order valence-electron chi connectivity index (χ2n) is 6.12. The van der Waals surface area contributed by atoms with E-state index in [4.69, 9.17) is 16.3 Å². The van der Waals surface area contributed by atoms with Gasteiger partial charge >= 0.3 is 0 Å². The molecule has 0 bridgehead atoms. The number of aromatic nitrogens is 2. The summed E-state index contributed by atoms with van der Waals surface area (Å²) < 4.78 is 5.26. The van der Waals surface area contributed by atoms with Gasteiger partial charge in [-0.2, -0.15) is 0 Å². The number of halogens is 1. The first kappa shape index (κ1) is 14.1. The third-order valence-corrected chi connectivity index (χ3v) is 3.75. The SMILES string of the molecule is COc1ccc2nc3cc(Cl)ccc3c(C(C)(C)C)c2n1. The molecule has 1 aromatic carbocycles. The van der Waals surface area contributed by atoms with E-state index in [2.05, 4.69) is 30.7 Å². The third-order valence-electron chi connectivity index (χ3n) is 3.51. The first-order valence-corrected chi connectivity index (χ1v) is 7.22. The standard InChI is InChI=1S/C17H17ClN2O/c1-17(2,3)15-11-6-5-10(18)9-13(11)19-12-7-8-14(21-4)20-16(12)15/h5-9H,1-4H3. The number of pyridine rings is 2. The van der Waals surface area contributed by atoms with Crippen LogP contribution in [-0.2, 0) is 5.41 Å². The second kappa shape index (κ2) is 4.85. The zero-order valence-corrected chi connectivity index (χ0v) is 13.3. The largest absolute Gasteiger partial charge is 0.481 e. The number of rotatable bonds is 1. The monoisotopic (exact) mass is 300 g/mol. The Morgan fingerprint density at radius 3 is 2.43 bits per heavy atom. The molecule has 0 saturated carbocycles. The van der Waals surface area contributed by atoms with Crippen LogP contribution in [0.15, 0.2) is 30.3 Å². The molecule has 0 amide bonds. The van der Waals surface area contributed by atoms with Crippen molar-refractivity contribution in [3.8, 4) is 5.88 Å². The van der Waals surface area contributed by atoms with Crippen molar-refractivity contribution in [1.82, 2.24) is 9.97 Å². The smallest absolute Gasteiger partial charge is 0.213 e. The van der Waals surface area contributed by atoms with Gasteiger partial charge < -0.3 is 4.74 Å². The highest BCUT2D eigenvalue weighted by molar-refractivity contribution is 6.31. The Labute approximate surface area is 128 Å². The van der Waals surface area contributed by atoms with Crippen LogP contribution >= 0.6 is 11.6 Å². The Morgan fingerprint density at radius 2 is 1.76 bits per heavy atom. The molecule has 2 aromatic heterocycles. The van der Waals surface area contributed by atoms with Crippen LogP contribution in [0.1, 0.15) is 26.3 Å². The fourth-order valence-corrected chi connectivity index (χ4v) is 2.81. The highest BCUT2D eigenvalue weighted by Crippen LogP contribution is 2.36. The van der Waals surface area contributed by atoms with E-state index in [0.717, 1.165) is 27.5 Å². The van der Waals surface area contributed by atoms with Crippen LogP contribution in [0.2, 0.25) is 5.02 Å². The van der Waals surface area contributed by atoms with Crippen LogP contribution in [0.4, 0.5) is 0 Å². The molecule has 0 fully saturated rings. The summed E-state index contributed by atoms with van der Waals surface area (Å²) in [5.74, 6) is 0.600. The van der Waals surface area contributed by atoms with Crippen LogP contribution in [-0.4, -0.2) is 17.1 Å². The van der Waals surface area contributed by atoms with Crippen LogP contribution in [0, 0.1) is 0 Å². The van der Waals surface area contributed by atoms with Crippen molar-refractivity contribution in [2.45, 2.75) is 26.2 Å². The van der Waals surface area contributed by atoms with Gasteiger partial charge in [0.1, 0.15) is 0 Å². The molecule has 0 unspecified atom stereocenters. The molecule has 21 heavy (non-hydrogen) atoms. The number of nitrogens with zero attached hydrogens (tertiary/aromatic N) is 2. The third kappa shape index (κ3) is 2.42. The minimum Gasteiger partial charge on any atom is -0.481 e. The zero-order chi connectivity index (χ0) is 15.2. The zero-order valence-electron chi connectivity index (χ0n) is 12.6. The van der Waals surface area contributed by atoms with Crippen molar-refractivity contribution in [1.29, 1.82) is 0 Å². The highest BCUT2D eigenvalue weighted by atomic mass is 35.5. The van der Waals surface area contributed by atoms with E-state index in [1.54, 1.807) is 7.11 Å². The Morgan fingerprint density at radius 1 is 1.00 bits per heavy atom. The number of hydrogen-bond donors (Lipinski definition) is 0. The molecule has 0 aliphatic carbocycles. The van der Waals surface area contributed by atoms with E-state index in [1.807, 2.05) is 30.3 Å². The summed E-state index contributed by atoms with van der Waals surface area (Å²) in [5.41, 5.74) is 3.74. The number of hydrogen-bond acceptors (Lipinski definition) is 3. The van der Waals surface area contributed by atoms with Crippen LogP contribution in [0.5, 0.6) is 5.88 Å². The van der Waals surface area contributed by atoms with Gasteiger partial charge in [-0.25, -0.2) is 9.97 Å². The lowest BCUT2D eigenvalue weighted by molar-refractivity contribution is 0.399. The maximum absolute atomic E-state index is 6.11. The Kier molecular flexibility index (Phi) is 3.25. The van der Waals surface area contributed by atoms with Crippen LogP contribution < -0.4 is 4.74 Å². The molecular formula is C17H17ClN2O. The van der Waals surface area contributed by atoms with Gasteiger partial charge in [0.2, 0.25) is 5.88 Å². The molecule has 108 valence electrons. The summed E-state index contributed by atoms with van der Waals surface area (Å²) >= 11 is 6.11. The summed E-state index contributed by atoms with van der Waals surface area (Å²) in [5, 5.41) is 1.77. The lowest BCUT2D eigenvalue weighted by Crippen LogP contribution is -2.14. The van der Waals surface area contributed by atoms with Gasteiger partial charge in [0.25, 0.3) is 0 Å². The maximum Gasteiger partial charge on any atom is 0.213 e. The predicted molar refractivity (Wildman–Crippen MR) is 87.3 cm³/mol. The van der Waals surface area contributed by atoms with Crippen molar-refractivity contribution in [2.75, 3.05) is 7.11 Å². The maximum atomic E-state index is 6.11. The number of fused-ring (bicyclic) bond motifs is 2. The molecule has 0 N–H and O–H groups in total. The van der Waals surface area contributed by atoms with Gasteiger partial charge in [0.15, 0.2) is 0 Å². The average molecular weight is 301 g/mol. The molecule has 4 heteroatoms. The van der Waals surface area contributed by atoms with E-state index in [1.165, 1.54) is 0 Å². The quantitative estimate of drug-likeness (QED) is 0.609. The van der Waals surface area contributed by atoms with Gasteiger partial charge in [-0.05, 0) is 29.2 Å². The topological polar surface area (TPSA) is 35.0 Å². The molecule has 3 aromatic rings. The summed E-state index contributed by atoms with van der Waals surface area (Å²) in [6.45, 7) is 6.53. The van der Waals surface area contributed by atoms with E-state index in [0.29, 0.717) is 10.9 Å². The molecule has 0 saturated heterocycles. The van der Waals surface area contributed by atoms with Gasteiger partial charge in [-0.3, -0.25) is 0 Å². The second-order valence-corrected chi connectivity index (χ2v) is 6.56. The molecular weight excluding hydrogens is 284 g/mol. The van der Waals surface area contributed by atoms with Crippen molar-refractivity contribution in [3.05, 3.63) is 40.9 Å². The first-order chi connectivity index (χ1) is 9.90. The van der Waals surface area contributed by atoms with E-state index in [-0.39, 0.29) is 5.41 Å². The minimum absolute atomic E-state index is 0.0629. The molecule has 0 aliphatic heterocycles. The van der Waals surface area contributed by atoms with Crippen molar-refractivity contribution < 1.29 is 4.74 Å². The van der Waals surface area contributed by atoms with Crippen LogP contribution in [0.3, 0.4) is 0 Å². The van der Waals surface area contributed by atoms with E-state index in [9.17, 15) is 0 Å². The lowest BCUT2D eigenvalue weighted by atomic mass is 9.83. The molecule has 2 heterocycles. The highest BCUT2D eigenvalue weighted by Gasteiger charge is 2.22. The van der Waals surface area contributed by atoms with E-state index < -0.39 is 0 Å². The normalized spacial score (nSPS) is 12.0. The molecule has 3 nitrogen and oxygen atoms in total. The Balaban J connectivity index is 2.52. The molecule has 3 rings (SSSR count). The molecule has 0 atom stereocenters. The molecule has 0 radical (unpaired) electrons. The fraction of sp³-hybridized carbons (Fsp3) is 0.294. The summed E-state index contributed by atoms with van der Waals surface area (Å²) in [6.07, 6.45) is 0. The van der Waals surface area contributed by atoms with Crippen molar-refractivity contribution >= 4 is 33.5 Å². The fourth-order valence-electron chi connectivity index (χ4n) is 2.65. The predicted octanol–water partition coefficient (Wildman–Crippen LogP) is 4.74. The Bertz CT molecular complexity index is 837. The van der Waals surface area contributed by atoms with Gasteiger partial charge in [-0.1, -0.05) is 38.4 Å². The van der Waals surface area contributed by atoms with Gasteiger partial charge in [-0.15, -0.1) is 0 Å². The summed E-state index contributed by atoms with van der Waals surface area (Å²) in [6, 6.07) is 9.59. The first-order valence-electron chi connectivity index (χ1n) is 6.84. The average Bonchev–Trinajstić information content (AvgIpc) is 2.42. The molecule has 0 spiro atoms. The summed E-state index contributed by atoms with van der Waals surface area (Å²) in [7, 11) is 1.62. The summed E-state index contributed by atoms with van der Waals surface area (Å²) in [4.78, 5) is 9.30. The lowest BCUT2D eigenvalue weighted by Gasteiger charge is -2.23. The minimum atomic E-state index is -0.0629. The molecule has 0 aliphatic rings. The van der Waals surface area contributed by atoms with Gasteiger partial charge in [0.05, 0.1) is 23.7 Å².